The molecule has 0 aliphatic heterocycles. The van der Waals surface area contributed by atoms with E-state index >= 15 is 0 Å². The smallest absolute Gasteiger partial charge is 0.342 e. The molecule has 1 aromatic rings. The Morgan fingerprint density at radius 2 is 2.20 bits per heavy atom. The van der Waals surface area contributed by atoms with Gasteiger partial charge in [-0.3, -0.25) is 9.78 Å². The molecule has 0 radical (unpaired) electrons. The van der Waals surface area contributed by atoms with Crippen LogP contribution in [0.3, 0.4) is 0 Å². The molecule has 0 saturated heterocycles. The van der Waals surface area contributed by atoms with Crippen molar-refractivity contribution in [3.8, 4) is 0 Å². The molecule has 0 amide bonds. The third-order valence-electron chi connectivity index (χ3n) is 2.36. The predicted molar refractivity (Wildman–Crippen MR) is 56.9 cm³/mol. The first-order chi connectivity index (χ1) is 7.00. The highest BCUT2D eigenvalue weighted by atomic mass is 16.2. The van der Waals surface area contributed by atoms with Crippen LogP contribution in [0.1, 0.15) is 20.3 Å². The van der Waals surface area contributed by atoms with Gasteiger partial charge in [-0.2, -0.15) is 0 Å². The standard InChI is InChI=1S/C8H15N5O2/c1-3-8(2,4-9)11-5-6(14)10-7(15)13-12-5/h3-4,9H2,1-2H3,(H,11,12)(H2,10,13,14,15). The van der Waals surface area contributed by atoms with Crippen LogP contribution in [-0.4, -0.2) is 27.3 Å². The monoisotopic (exact) mass is 213 g/mol. The number of nitrogens with one attached hydrogen (secondary N) is 3. The summed E-state index contributed by atoms with van der Waals surface area (Å²) in [6, 6.07) is 0. The van der Waals surface area contributed by atoms with Gasteiger partial charge in [0.2, 0.25) is 5.82 Å². The minimum Gasteiger partial charge on any atom is -0.358 e. The highest BCUT2D eigenvalue weighted by Crippen LogP contribution is 2.11. The van der Waals surface area contributed by atoms with Gasteiger partial charge in [-0.15, -0.1) is 5.10 Å². The molecule has 5 N–H and O–H groups in total. The second-order valence-corrected chi connectivity index (χ2v) is 3.60. The summed E-state index contributed by atoms with van der Waals surface area (Å²) in [5, 5.41) is 8.66. The quantitative estimate of drug-likeness (QED) is 0.511. The third kappa shape index (κ3) is 2.66. The largest absolute Gasteiger partial charge is 0.358 e. The molecule has 1 unspecified atom stereocenters. The van der Waals surface area contributed by atoms with Crippen molar-refractivity contribution in [2.45, 2.75) is 25.8 Å². The molecule has 0 fully saturated rings. The van der Waals surface area contributed by atoms with Crippen LogP contribution in [-0.2, 0) is 0 Å². The Labute approximate surface area is 86.1 Å². The predicted octanol–water partition coefficient (Wildman–Crippen LogP) is -1.00. The van der Waals surface area contributed by atoms with E-state index in [1.54, 1.807) is 0 Å². The van der Waals surface area contributed by atoms with Crippen LogP contribution in [0.2, 0.25) is 0 Å². The van der Waals surface area contributed by atoms with Crippen LogP contribution in [0.15, 0.2) is 9.59 Å². The van der Waals surface area contributed by atoms with Gasteiger partial charge in [-0.25, -0.2) is 9.89 Å². The van der Waals surface area contributed by atoms with E-state index in [2.05, 4.69) is 20.5 Å². The van der Waals surface area contributed by atoms with E-state index in [4.69, 9.17) is 5.73 Å². The van der Waals surface area contributed by atoms with Gasteiger partial charge in [0.05, 0.1) is 0 Å². The Hall–Kier alpha value is -1.63. The van der Waals surface area contributed by atoms with E-state index in [-0.39, 0.29) is 5.82 Å². The minimum absolute atomic E-state index is 0.0735. The molecular weight excluding hydrogens is 198 g/mol. The minimum atomic E-state index is -0.628. The molecule has 0 aliphatic rings. The van der Waals surface area contributed by atoms with Gasteiger partial charge in [0.1, 0.15) is 0 Å². The number of hydrogen-bond donors (Lipinski definition) is 4. The topological polar surface area (TPSA) is 117 Å². The number of nitrogens with zero attached hydrogens (tertiary/aromatic N) is 1. The fourth-order valence-electron chi connectivity index (χ4n) is 1.00. The summed E-state index contributed by atoms with van der Waals surface area (Å²) in [5.74, 6) is 0.0735. The van der Waals surface area contributed by atoms with Gasteiger partial charge in [0.25, 0.3) is 5.56 Å². The van der Waals surface area contributed by atoms with Gasteiger partial charge >= 0.3 is 5.69 Å². The molecule has 0 aromatic carbocycles. The zero-order valence-corrected chi connectivity index (χ0v) is 8.76. The molecule has 7 heteroatoms. The first kappa shape index (κ1) is 11.4. The van der Waals surface area contributed by atoms with Crippen molar-refractivity contribution < 1.29 is 0 Å². The zero-order valence-electron chi connectivity index (χ0n) is 8.76. The average molecular weight is 213 g/mol. The van der Waals surface area contributed by atoms with Crippen molar-refractivity contribution in [1.29, 1.82) is 0 Å². The lowest BCUT2D eigenvalue weighted by molar-refractivity contribution is 0.502. The van der Waals surface area contributed by atoms with Crippen molar-refractivity contribution in [2.75, 3.05) is 11.9 Å². The number of aromatic amines is 2. The Bertz CT molecular complexity index is 431. The normalized spacial score (nSPS) is 14.6. The maximum atomic E-state index is 11.3. The van der Waals surface area contributed by atoms with Gasteiger partial charge < -0.3 is 11.1 Å². The fraction of sp³-hybridized carbons (Fsp3) is 0.625. The Balaban J connectivity index is 2.99. The molecule has 84 valence electrons. The van der Waals surface area contributed by atoms with Crippen molar-refractivity contribution >= 4 is 5.82 Å². The first-order valence-electron chi connectivity index (χ1n) is 4.68. The highest BCUT2D eigenvalue weighted by Gasteiger charge is 2.21. The highest BCUT2D eigenvalue weighted by molar-refractivity contribution is 5.33. The summed E-state index contributed by atoms with van der Waals surface area (Å²) in [4.78, 5) is 24.1. The number of rotatable bonds is 4. The van der Waals surface area contributed by atoms with Gasteiger partial charge in [-0.1, -0.05) is 6.92 Å². The summed E-state index contributed by atoms with van der Waals surface area (Å²) < 4.78 is 0. The van der Waals surface area contributed by atoms with Crippen molar-refractivity contribution in [2.24, 2.45) is 5.73 Å². The molecule has 0 saturated carbocycles. The van der Waals surface area contributed by atoms with E-state index in [0.717, 1.165) is 6.42 Å². The van der Waals surface area contributed by atoms with Crippen molar-refractivity contribution in [3.63, 3.8) is 0 Å². The molecule has 0 aliphatic carbocycles. The number of H-pyrrole nitrogens is 2. The summed E-state index contributed by atoms with van der Waals surface area (Å²) >= 11 is 0. The fourth-order valence-corrected chi connectivity index (χ4v) is 1.00. The molecule has 1 aromatic heterocycles. The van der Waals surface area contributed by atoms with E-state index < -0.39 is 16.8 Å². The van der Waals surface area contributed by atoms with E-state index in [9.17, 15) is 9.59 Å². The first-order valence-corrected chi connectivity index (χ1v) is 4.68. The molecule has 1 rings (SSSR count). The van der Waals surface area contributed by atoms with Crippen LogP contribution in [0.4, 0.5) is 5.82 Å². The third-order valence-corrected chi connectivity index (χ3v) is 2.36. The maximum absolute atomic E-state index is 11.3. The molecule has 15 heavy (non-hydrogen) atoms. The molecule has 1 heterocycles. The second-order valence-electron chi connectivity index (χ2n) is 3.60. The number of nitrogens with two attached hydrogens (primary N) is 1. The van der Waals surface area contributed by atoms with E-state index in [0.29, 0.717) is 6.54 Å². The lowest BCUT2D eigenvalue weighted by Crippen LogP contribution is -2.44. The molecule has 1 atom stereocenters. The average Bonchev–Trinajstić information content (AvgIpc) is 2.22. The molecule has 7 nitrogen and oxygen atoms in total. The lowest BCUT2D eigenvalue weighted by atomic mass is 9.99. The molecular formula is C8H15N5O2. The van der Waals surface area contributed by atoms with Gasteiger partial charge in [0, 0.05) is 12.1 Å². The van der Waals surface area contributed by atoms with Crippen LogP contribution in [0.5, 0.6) is 0 Å². The Morgan fingerprint density at radius 1 is 1.53 bits per heavy atom. The Kier molecular flexibility index (Phi) is 3.25. The van der Waals surface area contributed by atoms with Crippen LogP contribution >= 0.6 is 0 Å². The zero-order chi connectivity index (χ0) is 11.5. The van der Waals surface area contributed by atoms with E-state index in [1.165, 1.54) is 0 Å². The molecule has 0 bridgehead atoms. The van der Waals surface area contributed by atoms with Gasteiger partial charge in [-0.05, 0) is 13.3 Å². The van der Waals surface area contributed by atoms with E-state index in [1.807, 2.05) is 13.8 Å². The number of aromatic nitrogens is 3. The summed E-state index contributed by atoms with van der Waals surface area (Å²) in [6.07, 6.45) is 0.740. The summed E-state index contributed by atoms with van der Waals surface area (Å²) in [6.45, 7) is 4.18. The molecule has 0 spiro atoms. The lowest BCUT2D eigenvalue weighted by Gasteiger charge is -2.27. The van der Waals surface area contributed by atoms with Gasteiger partial charge in [0.15, 0.2) is 0 Å². The SMILES string of the molecule is CCC(C)(CN)Nc1n[nH]c(=O)[nH]c1=O. The number of anilines is 1. The van der Waals surface area contributed by atoms with Crippen LogP contribution in [0, 0.1) is 0 Å². The van der Waals surface area contributed by atoms with Crippen LogP contribution in [0.25, 0.3) is 0 Å². The van der Waals surface area contributed by atoms with Crippen LogP contribution < -0.4 is 22.3 Å². The summed E-state index contributed by atoms with van der Waals surface area (Å²) in [7, 11) is 0. The second kappa shape index (κ2) is 4.26. The maximum Gasteiger partial charge on any atom is 0.342 e. The Morgan fingerprint density at radius 3 is 2.67 bits per heavy atom. The summed E-state index contributed by atoms with van der Waals surface area (Å²) in [5.41, 5.74) is 3.99. The van der Waals surface area contributed by atoms with Crippen molar-refractivity contribution in [1.82, 2.24) is 15.2 Å². The number of hydrogen-bond acceptors (Lipinski definition) is 5. The van der Waals surface area contributed by atoms with Crippen molar-refractivity contribution in [3.05, 3.63) is 20.8 Å².